The number of aromatic nitrogens is 2. The van der Waals surface area contributed by atoms with Crippen LogP contribution in [0.3, 0.4) is 0 Å². The lowest BCUT2D eigenvalue weighted by Gasteiger charge is -2.06. The number of benzene rings is 1. The molecule has 0 saturated carbocycles. The van der Waals surface area contributed by atoms with Gasteiger partial charge < -0.3 is 15.8 Å². The minimum absolute atomic E-state index is 0.103. The van der Waals surface area contributed by atoms with E-state index in [-0.39, 0.29) is 28.6 Å². The molecule has 1 heterocycles. The van der Waals surface area contributed by atoms with E-state index in [4.69, 9.17) is 5.73 Å². The highest BCUT2D eigenvalue weighted by molar-refractivity contribution is 5.95. The van der Waals surface area contributed by atoms with Crippen LogP contribution in [0.25, 0.3) is 11.3 Å². The maximum atomic E-state index is 13.8. The van der Waals surface area contributed by atoms with Gasteiger partial charge in [-0.15, -0.1) is 10.2 Å². The summed E-state index contributed by atoms with van der Waals surface area (Å²) in [5, 5.41) is 9.77. The Balaban J connectivity index is 2.36. The van der Waals surface area contributed by atoms with Gasteiger partial charge in [0.25, 0.3) is 5.91 Å². The van der Waals surface area contributed by atoms with Gasteiger partial charge in [0.2, 0.25) is 5.88 Å². The number of rotatable bonds is 3. The third kappa shape index (κ3) is 3.30. The van der Waals surface area contributed by atoms with Crippen LogP contribution in [0, 0.1) is 5.82 Å². The Morgan fingerprint density at radius 2 is 2.00 bits per heavy atom. The molecule has 0 aliphatic rings. The minimum atomic E-state index is -1.02. The average molecular weight is 290 g/mol. The molecule has 2 amide bonds. The van der Waals surface area contributed by atoms with E-state index in [1.54, 1.807) is 0 Å². The van der Waals surface area contributed by atoms with Crippen molar-refractivity contribution in [2.45, 2.75) is 0 Å². The van der Waals surface area contributed by atoms with Crippen molar-refractivity contribution in [1.82, 2.24) is 15.5 Å². The number of hydrogen-bond acceptors (Lipinski definition) is 5. The Morgan fingerprint density at radius 3 is 2.57 bits per heavy atom. The Hall–Kier alpha value is -3.03. The van der Waals surface area contributed by atoms with Crippen molar-refractivity contribution in [2.24, 2.45) is 5.73 Å². The zero-order chi connectivity index (χ0) is 15.4. The molecule has 0 spiro atoms. The monoisotopic (exact) mass is 290 g/mol. The van der Waals surface area contributed by atoms with E-state index in [0.29, 0.717) is 0 Å². The molecule has 0 fully saturated rings. The SMILES string of the molecule is CNC(=O)c1ccc(F)c(-c2ccc(OC(N)=O)nn2)c1. The molecule has 3 N–H and O–H groups in total. The van der Waals surface area contributed by atoms with Crippen molar-refractivity contribution in [3.63, 3.8) is 0 Å². The second-order valence-electron chi connectivity index (χ2n) is 3.95. The van der Waals surface area contributed by atoms with Crippen molar-refractivity contribution in [1.29, 1.82) is 0 Å². The van der Waals surface area contributed by atoms with Gasteiger partial charge in [-0.25, -0.2) is 9.18 Å². The van der Waals surface area contributed by atoms with Crippen molar-refractivity contribution < 1.29 is 18.7 Å². The molecule has 0 atom stereocenters. The summed E-state index contributed by atoms with van der Waals surface area (Å²) in [6, 6.07) is 6.59. The molecule has 2 rings (SSSR count). The highest BCUT2D eigenvalue weighted by Gasteiger charge is 2.12. The van der Waals surface area contributed by atoms with E-state index in [1.807, 2.05) is 0 Å². The first-order chi connectivity index (χ1) is 10.0. The Labute approximate surface area is 118 Å². The summed E-state index contributed by atoms with van der Waals surface area (Å²) in [6.45, 7) is 0. The molecule has 0 saturated heterocycles. The summed E-state index contributed by atoms with van der Waals surface area (Å²) in [4.78, 5) is 22.1. The number of nitrogens with two attached hydrogens (primary N) is 1. The summed E-state index contributed by atoms with van der Waals surface area (Å²) < 4.78 is 18.4. The van der Waals surface area contributed by atoms with E-state index in [0.717, 1.165) is 6.07 Å². The summed E-state index contributed by atoms with van der Waals surface area (Å²) in [5.41, 5.74) is 5.41. The fourth-order valence-electron chi connectivity index (χ4n) is 1.63. The van der Waals surface area contributed by atoms with Gasteiger partial charge in [0.05, 0.1) is 5.69 Å². The summed E-state index contributed by atoms with van der Waals surface area (Å²) in [5.74, 6) is -1.01. The second-order valence-corrected chi connectivity index (χ2v) is 3.95. The van der Waals surface area contributed by atoms with Gasteiger partial charge in [0.15, 0.2) is 0 Å². The number of carbonyl (C=O) groups is 2. The fraction of sp³-hybridized carbons (Fsp3) is 0.0769. The number of nitrogens with one attached hydrogen (secondary N) is 1. The molecule has 21 heavy (non-hydrogen) atoms. The maximum Gasteiger partial charge on any atom is 0.411 e. The third-order valence-electron chi connectivity index (χ3n) is 2.58. The predicted octanol–water partition coefficient (Wildman–Crippen LogP) is 1.10. The van der Waals surface area contributed by atoms with E-state index in [1.165, 1.54) is 31.3 Å². The van der Waals surface area contributed by atoms with Gasteiger partial charge in [0, 0.05) is 24.2 Å². The van der Waals surface area contributed by atoms with Crippen LogP contribution in [0.1, 0.15) is 10.4 Å². The van der Waals surface area contributed by atoms with Gasteiger partial charge in [0.1, 0.15) is 5.82 Å². The number of primary amides is 1. The number of carbonyl (C=O) groups excluding carboxylic acids is 2. The number of ether oxygens (including phenoxy) is 1. The van der Waals surface area contributed by atoms with Crippen LogP contribution in [0.15, 0.2) is 30.3 Å². The summed E-state index contributed by atoms with van der Waals surface area (Å²) >= 11 is 0. The van der Waals surface area contributed by atoms with Gasteiger partial charge in [-0.2, -0.15) is 0 Å². The van der Waals surface area contributed by atoms with Crippen LogP contribution in [0.2, 0.25) is 0 Å². The third-order valence-corrected chi connectivity index (χ3v) is 2.58. The molecule has 108 valence electrons. The van der Waals surface area contributed by atoms with Crippen molar-refractivity contribution in [2.75, 3.05) is 7.05 Å². The topological polar surface area (TPSA) is 107 Å². The summed E-state index contributed by atoms with van der Waals surface area (Å²) in [7, 11) is 1.47. The molecule has 0 bridgehead atoms. The Kier molecular flexibility index (Phi) is 4.07. The summed E-state index contributed by atoms with van der Waals surface area (Å²) in [6.07, 6.45) is -1.02. The Morgan fingerprint density at radius 1 is 1.24 bits per heavy atom. The standard InChI is InChI=1S/C13H11FN4O3/c1-16-12(19)7-2-3-9(14)8(6-7)10-4-5-11(18-17-10)21-13(15)20/h2-6H,1H3,(H2,15,20)(H,16,19). The van der Waals surface area contributed by atoms with Gasteiger partial charge in [-0.05, 0) is 24.3 Å². The molecule has 0 aliphatic carbocycles. The first-order valence-electron chi connectivity index (χ1n) is 5.84. The molecular formula is C13H11FN4O3. The molecule has 0 unspecified atom stereocenters. The normalized spacial score (nSPS) is 10.0. The highest BCUT2D eigenvalue weighted by atomic mass is 19.1. The molecule has 0 radical (unpaired) electrons. The van der Waals surface area contributed by atoms with Crippen LogP contribution < -0.4 is 15.8 Å². The molecule has 1 aromatic carbocycles. The number of amides is 2. The zero-order valence-corrected chi connectivity index (χ0v) is 11.0. The van der Waals surface area contributed by atoms with Gasteiger partial charge in [-0.3, -0.25) is 4.79 Å². The fourth-order valence-corrected chi connectivity index (χ4v) is 1.63. The van der Waals surface area contributed by atoms with Gasteiger partial charge >= 0.3 is 6.09 Å². The van der Waals surface area contributed by atoms with E-state index >= 15 is 0 Å². The van der Waals surface area contributed by atoms with Crippen LogP contribution in [-0.2, 0) is 0 Å². The van der Waals surface area contributed by atoms with Crippen LogP contribution >= 0.6 is 0 Å². The van der Waals surface area contributed by atoms with Gasteiger partial charge in [-0.1, -0.05) is 0 Å². The second kappa shape index (κ2) is 5.95. The molecule has 1 aromatic heterocycles. The van der Waals surface area contributed by atoms with Crippen LogP contribution in [-0.4, -0.2) is 29.2 Å². The molecule has 7 nitrogen and oxygen atoms in total. The number of nitrogens with zero attached hydrogens (tertiary/aromatic N) is 2. The first-order valence-corrected chi connectivity index (χ1v) is 5.84. The molecule has 0 aliphatic heterocycles. The number of hydrogen-bond donors (Lipinski definition) is 2. The lowest BCUT2D eigenvalue weighted by Crippen LogP contribution is -2.18. The number of halogens is 1. The van der Waals surface area contributed by atoms with Crippen LogP contribution in [0.5, 0.6) is 5.88 Å². The largest absolute Gasteiger partial charge is 0.411 e. The predicted molar refractivity (Wildman–Crippen MR) is 71.0 cm³/mol. The van der Waals surface area contributed by atoms with E-state index in [2.05, 4.69) is 20.3 Å². The molecule has 8 heteroatoms. The molecule has 2 aromatic rings. The first kappa shape index (κ1) is 14.4. The lowest BCUT2D eigenvalue weighted by molar-refractivity contribution is 0.0963. The smallest absolute Gasteiger partial charge is 0.390 e. The van der Waals surface area contributed by atoms with Crippen molar-refractivity contribution in [3.05, 3.63) is 41.7 Å². The highest BCUT2D eigenvalue weighted by Crippen LogP contribution is 2.22. The average Bonchev–Trinajstić information content (AvgIpc) is 2.47. The van der Waals surface area contributed by atoms with Crippen LogP contribution in [0.4, 0.5) is 9.18 Å². The van der Waals surface area contributed by atoms with E-state index < -0.39 is 11.9 Å². The van der Waals surface area contributed by atoms with Crippen molar-refractivity contribution in [3.8, 4) is 17.1 Å². The quantitative estimate of drug-likeness (QED) is 0.880. The minimum Gasteiger partial charge on any atom is -0.390 e. The molecular weight excluding hydrogens is 279 g/mol. The van der Waals surface area contributed by atoms with Crippen molar-refractivity contribution >= 4 is 12.0 Å². The Bertz CT molecular complexity index is 688. The maximum absolute atomic E-state index is 13.8. The van der Waals surface area contributed by atoms with E-state index in [9.17, 15) is 14.0 Å². The zero-order valence-electron chi connectivity index (χ0n) is 11.0. The lowest BCUT2D eigenvalue weighted by atomic mass is 10.1.